The number of aliphatic carboxylic acids is 1. The Morgan fingerprint density at radius 2 is 1.38 bits per heavy atom. The minimum Gasteiger partial charge on any atom is -0.480 e. The van der Waals surface area contributed by atoms with E-state index < -0.39 is 21.2 Å². The number of anilines is 1. The molecule has 0 fully saturated rings. The number of carboxylic acid groups (broad SMARTS) is 1. The average Bonchev–Trinajstić information content (AvgIpc) is 2.54. The Balaban J connectivity index is 2.57. The first-order chi connectivity index (χ1) is 12.1. The summed E-state index contributed by atoms with van der Waals surface area (Å²) >= 11 is 0. The fourth-order valence-electron chi connectivity index (χ4n) is 2.95. The lowest BCUT2D eigenvalue weighted by Crippen LogP contribution is -2.28. The molecule has 0 aromatic heterocycles. The van der Waals surface area contributed by atoms with Crippen LogP contribution in [-0.4, -0.2) is 19.5 Å². The minimum absolute atomic E-state index is 0.0893. The van der Waals surface area contributed by atoms with Gasteiger partial charge in [-0.05, 0) is 28.5 Å². The maximum Gasteiger partial charge on any atom is 0.328 e. The summed E-state index contributed by atoms with van der Waals surface area (Å²) < 4.78 is 28.6. The molecule has 0 heterocycles. The highest BCUT2D eigenvalue weighted by molar-refractivity contribution is 7.93. The van der Waals surface area contributed by atoms with Crippen molar-refractivity contribution in [3.8, 4) is 0 Å². The standard InChI is InChI=1S/C20H25NO4S/c1-13(2)16-11-8-12-17(14(3)4)18(16)21-26(24,25)19(20(22)23)15-9-6-5-7-10-15/h5-14,19,21H,1-4H3,(H,22,23). The van der Waals surface area contributed by atoms with Gasteiger partial charge in [0.1, 0.15) is 0 Å². The Hall–Kier alpha value is -2.34. The highest BCUT2D eigenvalue weighted by Gasteiger charge is 2.35. The number of hydrogen-bond acceptors (Lipinski definition) is 3. The predicted molar refractivity (Wildman–Crippen MR) is 104 cm³/mol. The molecule has 0 amide bonds. The van der Waals surface area contributed by atoms with Gasteiger partial charge in [-0.2, -0.15) is 0 Å². The molecule has 0 aliphatic heterocycles. The lowest BCUT2D eigenvalue weighted by molar-refractivity contribution is -0.136. The molecule has 2 aromatic rings. The molecule has 0 spiro atoms. The van der Waals surface area contributed by atoms with Crippen molar-refractivity contribution in [3.63, 3.8) is 0 Å². The van der Waals surface area contributed by atoms with Crippen LogP contribution in [0.2, 0.25) is 0 Å². The SMILES string of the molecule is CC(C)c1cccc(C(C)C)c1NS(=O)(=O)C(C(=O)O)c1ccccc1. The van der Waals surface area contributed by atoms with E-state index >= 15 is 0 Å². The molecule has 2 N–H and O–H groups in total. The van der Waals surface area contributed by atoms with Crippen LogP contribution in [0.5, 0.6) is 0 Å². The second-order valence-corrected chi connectivity index (χ2v) is 8.66. The van der Waals surface area contributed by atoms with Crippen molar-refractivity contribution in [1.29, 1.82) is 0 Å². The lowest BCUT2D eigenvalue weighted by atomic mass is 9.93. The third kappa shape index (κ3) is 4.25. The molecule has 0 saturated carbocycles. The van der Waals surface area contributed by atoms with Gasteiger partial charge < -0.3 is 5.11 Å². The van der Waals surface area contributed by atoms with Crippen LogP contribution in [0.25, 0.3) is 0 Å². The van der Waals surface area contributed by atoms with Gasteiger partial charge in [0, 0.05) is 0 Å². The van der Waals surface area contributed by atoms with Crippen molar-refractivity contribution < 1.29 is 18.3 Å². The van der Waals surface area contributed by atoms with E-state index in [4.69, 9.17) is 0 Å². The van der Waals surface area contributed by atoms with Gasteiger partial charge in [0.05, 0.1) is 5.69 Å². The highest BCUT2D eigenvalue weighted by Crippen LogP contribution is 2.35. The number of carbonyl (C=O) groups is 1. The molecule has 6 heteroatoms. The Morgan fingerprint density at radius 1 is 0.885 bits per heavy atom. The van der Waals surface area contributed by atoms with Gasteiger partial charge in [0.25, 0.3) is 10.0 Å². The third-order valence-corrected chi connectivity index (χ3v) is 5.84. The molecule has 0 aliphatic rings. The van der Waals surface area contributed by atoms with Gasteiger partial charge in [-0.1, -0.05) is 76.2 Å². The minimum atomic E-state index is -4.19. The zero-order valence-electron chi connectivity index (χ0n) is 15.4. The first-order valence-electron chi connectivity index (χ1n) is 8.57. The topological polar surface area (TPSA) is 83.5 Å². The molecule has 26 heavy (non-hydrogen) atoms. The van der Waals surface area contributed by atoms with Crippen molar-refractivity contribution in [3.05, 3.63) is 65.2 Å². The number of para-hydroxylation sites is 1. The van der Waals surface area contributed by atoms with Crippen LogP contribution in [0.4, 0.5) is 5.69 Å². The average molecular weight is 375 g/mol. The van der Waals surface area contributed by atoms with Crippen LogP contribution in [0, 0.1) is 0 Å². The van der Waals surface area contributed by atoms with E-state index in [1.807, 2.05) is 45.9 Å². The molecule has 5 nitrogen and oxygen atoms in total. The fraction of sp³-hybridized carbons (Fsp3) is 0.350. The van der Waals surface area contributed by atoms with E-state index in [1.54, 1.807) is 18.2 Å². The van der Waals surface area contributed by atoms with Gasteiger partial charge in [-0.3, -0.25) is 9.52 Å². The van der Waals surface area contributed by atoms with Crippen molar-refractivity contribution in [1.82, 2.24) is 0 Å². The van der Waals surface area contributed by atoms with Crippen LogP contribution in [0.1, 0.15) is 61.5 Å². The molecule has 0 bridgehead atoms. The number of hydrogen-bond donors (Lipinski definition) is 2. The number of rotatable bonds is 7. The van der Waals surface area contributed by atoms with Crippen molar-refractivity contribution in [2.45, 2.75) is 44.8 Å². The molecule has 2 aromatic carbocycles. The van der Waals surface area contributed by atoms with Crippen LogP contribution in [0.15, 0.2) is 48.5 Å². The van der Waals surface area contributed by atoms with E-state index in [9.17, 15) is 18.3 Å². The summed E-state index contributed by atoms with van der Waals surface area (Å²) in [4.78, 5) is 11.8. The summed E-state index contributed by atoms with van der Waals surface area (Å²) in [6.07, 6.45) is 0. The molecule has 140 valence electrons. The number of sulfonamides is 1. The van der Waals surface area contributed by atoms with Crippen LogP contribution in [-0.2, 0) is 14.8 Å². The van der Waals surface area contributed by atoms with Gasteiger partial charge in [-0.15, -0.1) is 0 Å². The first kappa shape index (κ1) is 20.0. The Kier molecular flexibility index (Phi) is 6.08. The van der Waals surface area contributed by atoms with Crippen molar-refractivity contribution in [2.24, 2.45) is 0 Å². The zero-order chi connectivity index (χ0) is 19.5. The van der Waals surface area contributed by atoms with Gasteiger partial charge in [0.15, 0.2) is 0 Å². The third-order valence-electron chi connectivity index (χ3n) is 4.25. The quantitative estimate of drug-likeness (QED) is 0.746. The molecule has 0 aliphatic carbocycles. The van der Waals surface area contributed by atoms with Crippen LogP contribution < -0.4 is 4.72 Å². The van der Waals surface area contributed by atoms with E-state index in [1.165, 1.54) is 12.1 Å². The maximum atomic E-state index is 13.0. The molecular formula is C20H25NO4S. The summed E-state index contributed by atoms with van der Waals surface area (Å²) in [6.45, 7) is 7.90. The van der Waals surface area contributed by atoms with E-state index in [0.717, 1.165) is 11.1 Å². The lowest BCUT2D eigenvalue weighted by Gasteiger charge is -2.23. The maximum absolute atomic E-state index is 13.0. The molecule has 0 radical (unpaired) electrons. The molecular weight excluding hydrogens is 350 g/mol. The number of nitrogens with one attached hydrogen (secondary N) is 1. The molecule has 0 saturated heterocycles. The monoisotopic (exact) mass is 375 g/mol. The van der Waals surface area contributed by atoms with Gasteiger partial charge in [0.2, 0.25) is 5.25 Å². The largest absolute Gasteiger partial charge is 0.480 e. The van der Waals surface area contributed by atoms with Crippen molar-refractivity contribution >= 4 is 21.7 Å². The molecule has 1 atom stereocenters. The summed E-state index contributed by atoms with van der Waals surface area (Å²) in [5.74, 6) is -1.23. The molecule has 1 unspecified atom stereocenters. The number of benzene rings is 2. The van der Waals surface area contributed by atoms with Crippen LogP contribution >= 0.6 is 0 Å². The Labute approximate surface area is 155 Å². The Bertz CT molecular complexity index is 848. The summed E-state index contributed by atoms with van der Waals surface area (Å²) in [6, 6.07) is 13.6. The predicted octanol–water partition coefficient (Wildman–Crippen LogP) is 4.50. The van der Waals surface area contributed by atoms with Crippen LogP contribution in [0.3, 0.4) is 0 Å². The normalized spacial score (nSPS) is 13.0. The first-order valence-corrected chi connectivity index (χ1v) is 10.1. The second-order valence-electron chi connectivity index (χ2n) is 6.90. The number of carboxylic acids is 1. The van der Waals surface area contributed by atoms with Crippen molar-refractivity contribution in [2.75, 3.05) is 4.72 Å². The highest BCUT2D eigenvalue weighted by atomic mass is 32.2. The summed E-state index contributed by atoms with van der Waals surface area (Å²) in [5, 5.41) is 7.90. The summed E-state index contributed by atoms with van der Waals surface area (Å²) in [5.41, 5.74) is 2.40. The molecule has 2 rings (SSSR count). The smallest absolute Gasteiger partial charge is 0.328 e. The fourth-order valence-corrected chi connectivity index (χ4v) is 4.37. The zero-order valence-corrected chi connectivity index (χ0v) is 16.2. The van der Waals surface area contributed by atoms with Gasteiger partial charge in [-0.25, -0.2) is 8.42 Å². The summed E-state index contributed by atoms with van der Waals surface area (Å²) in [7, 11) is -4.19. The van der Waals surface area contributed by atoms with E-state index in [2.05, 4.69) is 4.72 Å². The van der Waals surface area contributed by atoms with E-state index in [0.29, 0.717) is 5.69 Å². The second kappa shape index (κ2) is 7.91. The van der Waals surface area contributed by atoms with E-state index in [-0.39, 0.29) is 17.4 Å². The Morgan fingerprint density at radius 3 is 1.81 bits per heavy atom. The van der Waals surface area contributed by atoms with Gasteiger partial charge >= 0.3 is 5.97 Å².